The van der Waals surface area contributed by atoms with E-state index in [2.05, 4.69) is 26.7 Å². The van der Waals surface area contributed by atoms with E-state index in [1.165, 1.54) is 0 Å². The molecular formula is C21H15N5. The smallest absolute Gasteiger partial charge is 0.229 e. The van der Waals surface area contributed by atoms with E-state index in [-0.39, 0.29) is 0 Å². The Morgan fingerprint density at radius 2 is 1.50 bits per heavy atom. The summed E-state index contributed by atoms with van der Waals surface area (Å²) in [5.74, 6) is 1.19. The van der Waals surface area contributed by atoms with Gasteiger partial charge in [-0.1, -0.05) is 36.4 Å². The maximum Gasteiger partial charge on any atom is 0.229 e. The molecule has 2 N–H and O–H groups in total. The highest BCUT2D eigenvalue weighted by atomic mass is 15.1. The average Bonchev–Trinajstić information content (AvgIpc) is 2.69. The zero-order chi connectivity index (χ0) is 17.8. The molecule has 5 nitrogen and oxygen atoms in total. The number of aromatic nitrogens is 2. The first kappa shape index (κ1) is 15.6. The minimum atomic E-state index is 0.470. The van der Waals surface area contributed by atoms with E-state index in [1.54, 1.807) is 12.1 Å². The van der Waals surface area contributed by atoms with Crippen molar-refractivity contribution < 1.29 is 0 Å². The molecule has 5 heteroatoms. The van der Waals surface area contributed by atoms with Crippen LogP contribution >= 0.6 is 0 Å². The van der Waals surface area contributed by atoms with Gasteiger partial charge in [-0.05, 0) is 42.5 Å². The van der Waals surface area contributed by atoms with Crippen molar-refractivity contribution in [3.8, 4) is 6.07 Å². The van der Waals surface area contributed by atoms with Crippen LogP contribution in [0.2, 0.25) is 0 Å². The quantitative estimate of drug-likeness (QED) is 0.549. The Morgan fingerprint density at radius 1 is 0.731 bits per heavy atom. The molecule has 4 aromatic rings. The molecule has 1 aromatic heterocycles. The molecule has 1 heterocycles. The van der Waals surface area contributed by atoms with Gasteiger partial charge in [0.25, 0.3) is 0 Å². The van der Waals surface area contributed by atoms with Crippen molar-refractivity contribution in [1.82, 2.24) is 9.97 Å². The Balaban J connectivity index is 1.75. The molecule has 0 atom stereocenters. The molecule has 3 aromatic carbocycles. The van der Waals surface area contributed by atoms with Gasteiger partial charge >= 0.3 is 0 Å². The van der Waals surface area contributed by atoms with Crippen LogP contribution in [0.1, 0.15) is 5.56 Å². The number of rotatable bonds is 4. The molecule has 0 spiro atoms. The third-order valence-corrected chi connectivity index (χ3v) is 3.89. The third-order valence-electron chi connectivity index (χ3n) is 3.89. The summed E-state index contributed by atoms with van der Waals surface area (Å²) >= 11 is 0. The van der Waals surface area contributed by atoms with Crippen LogP contribution < -0.4 is 10.6 Å². The molecule has 0 saturated carbocycles. The number of hydrogen-bond donors (Lipinski definition) is 2. The lowest BCUT2D eigenvalue weighted by Gasteiger charge is -2.12. The second kappa shape index (κ2) is 6.91. The predicted molar refractivity (Wildman–Crippen MR) is 104 cm³/mol. The Labute approximate surface area is 151 Å². The molecule has 0 saturated heterocycles. The molecule has 26 heavy (non-hydrogen) atoms. The Morgan fingerprint density at radius 3 is 2.35 bits per heavy atom. The molecule has 0 aliphatic heterocycles. The number of fused-ring (bicyclic) bond motifs is 1. The van der Waals surface area contributed by atoms with Crippen LogP contribution in [0.3, 0.4) is 0 Å². The van der Waals surface area contributed by atoms with Crippen molar-refractivity contribution in [2.45, 2.75) is 0 Å². The van der Waals surface area contributed by atoms with E-state index in [1.807, 2.05) is 66.7 Å². The minimum absolute atomic E-state index is 0.470. The van der Waals surface area contributed by atoms with Crippen molar-refractivity contribution >= 4 is 34.0 Å². The van der Waals surface area contributed by atoms with Gasteiger partial charge < -0.3 is 10.6 Å². The van der Waals surface area contributed by atoms with Gasteiger partial charge in [0.05, 0.1) is 17.1 Å². The number of anilines is 4. The summed E-state index contributed by atoms with van der Waals surface area (Å²) in [6.07, 6.45) is 0. The summed E-state index contributed by atoms with van der Waals surface area (Å²) < 4.78 is 0. The summed E-state index contributed by atoms with van der Waals surface area (Å²) in [5.41, 5.74) is 3.14. The molecule has 0 bridgehead atoms. The van der Waals surface area contributed by atoms with E-state index in [9.17, 15) is 0 Å². The van der Waals surface area contributed by atoms with E-state index in [0.29, 0.717) is 11.5 Å². The lowest BCUT2D eigenvalue weighted by molar-refractivity contribution is 1.21. The van der Waals surface area contributed by atoms with Gasteiger partial charge in [-0.25, -0.2) is 4.98 Å². The standard InChI is InChI=1S/C21H15N5/c22-14-15-7-6-10-17(13-15)24-21-25-19-12-5-4-11-18(19)20(26-21)23-16-8-2-1-3-9-16/h1-13H,(H2,23,24,25,26). The zero-order valence-electron chi connectivity index (χ0n) is 13.8. The van der Waals surface area contributed by atoms with Gasteiger partial charge in [-0.15, -0.1) is 0 Å². The number of nitrogens with zero attached hydrogens (tertiary/aromatic N) is 3. The summed E-state index contributed by atoms with van der Waals surface area (Å²) in [6.45, 7) is 0. The summed E-state index contributed by atoms with van der Waals surface area (Å²) in [5, 5.41) is 16.5. The molecule has 0 unspecified atom stereocenters. The Hall–Kier alpha value is -3.91. The third kappa shape index (κ3) is 3.30. The highest BCUT2D eigenvalue weighted by molar-refractivity contribution is 5.92. The maximum atomic E-state index is 9.06. The molecule has 4 rings (SSSR count). The van der Waals surface area contributed by atoms with E-state index < -0.39 is 0 Å². The fourth-order valence-electron chi connectivity index (χ4n) is 2.68. The predicted octanol–water partition coefficient (Wildman–Crippen LogP) is 4.99. The Kier molecular flexibility index (Phi) is 4.15. The molecular weight excluding hydrogens is 322 g/mol. The second-order valence-corrected chi connectivity index (χ2v) is 5.72. The van der Waals surface area contributed by atoms with Crippen LogP contribution in [0.4, 0.5) is 23.1 Å². The number of benzene rings is 3. The van der Waals surface area contributed by atoms with Crippen LogP contribution in [0.15, 0.2) is 78.9 Å². The van der Waals surface area contributed by atoms with Crippen LogP contribution in [0.25, 0.3) is 10.9 Å². The number of hydrogen-bond acceptors (Lipinski definition) is 5. The zero-order valence-corrected chi connectivity index (χ0v) is 13.8. The lowest BCUT2D eigenvalue weighted by Crippen LogP contribution is -2.02. The van der Waals surface area contributed by atoms with Crippen molar-refractivity contribution in [2.75, 3.05) is 10.6 Å². The maximum absolute atomic E-state index is 9.06. The van der Waals surface area contributed by atoms with Crippen molar-refractivity contribution in [1.29, 1.82) is 5.26 Å². The highest BCUT2D eigenvalue weighted by Gasteiger charge is 2.08. The first-order valence-corrected chi connectivity index (χ1v) is 8.18. The molecule has 0 fully saturated rings. The Bertz CT molecular complexity index is 1100. The van der Waals surface area contributed by atoms with Gasteiger partial charge in [0.2, 0.25) is 5.95 Å². The fourth-order valence-corrected chi connectivity index (χ4v) is 2.68. The molecule has 0 amide bonds. The van der Waals surface area contributed by atoms with Crippen molar-refractivity contribution in [3.05, 3.63) is 84.4 Å². The monoisotopic (exact) mass is 337 g/mol. The lowest BCUT2D eigenvalue weighted by atomic mass is 10.2. The van der Waals surface area contributed by atoms with Crippen molar-refractivity contribution in [3.63, 3.8) is 0 Å². The van der Waals surface area contributed by atoms with Gasteiger partial charge in [0.1, 0.15) is 5.82 Å². The largest absolute Gasteiger partial charge is 0.340 e. The number of para-hydroxylation sites is 2. The summed E-state index contributed by atoms with van der Waals surface area (Å²) in [6, 6.07) is 27.1. The second-order valence-electron chi connectivity index (χ2n) is 5.72. The van der Waals surface area contributed by atoms with Crippen LogP contribution in [0.5, 0.6) is 0 Å². The topological polar surface area (TPSA) is 73.6 Å². The molecule has 0 radical (unpaired) electrons. The number of nitriles is 1. The van der Waals surface area contributed by atoms with Crippen LogP contribution in [-0.4, -0.2) is 9.97 Å². The molecule has 0 aliphatic rings. The average molecular weight is 337 g/mol. The van der Waals surface area contributed by atoms with Gasteiger partial charge in [-0.3, -0.25) is 0 Å². The van der Waals surface area contributed by atoms with E-state index >= 15 is 0 Å². The van der Waals surface area contributed by atoms with E-state index in [0.717, 1.165) is 28.1 Å². The van der Waals surface area contributed by atoms with Crippen LogP contribution in [0, 0.1) is 11.3 Å². The molecule has 124 valence electrons. The van der Waals surface area contributed by atoms with Gasteiger partial charge in [0, 0.05) is 16.8 Å². The van der Waals surface area contributed by atoms with E-state index in [4.69, 9.17) is 5.26 Å². The first-order valence-electron chi connectivity index (χ1n) is 8.18. The van der Waals surface area contributed by atoms with Crippen molar-refractivity contribution in [2.24, 2.45) is 0 Å². The molecule has 0 aliphatic carbocycles. The minimum Gasteiger partial charge on any atom is -0.340 e. The summed E-state index contributed by atoms with van der Waals surface area (Å²) in [7, 11) is 0. The SMILES string of the molecule is N#Cc1cccc(Nc2nc(Nc3ccccc3)c3ccccc3n2)c1. The number of nitrogens with one attached hydrogen (secondary N) is 2. The van der Waals surface area contributed by atoms with Gasteiger partial charge in [0.15, 0.2) is 0 Å². The highest BCUT2D eigenvalue weighted by Crippen LogP contribution is 2.26. The van der Waals surface area contributed by atoms with Gasteiger partial charge in [-0.2, -0.15) is 10.2 Å². The van der Waals surface area contributed by atoms with Crippen LogP contribution in [-0.2, 0) is 0 Å². The first-order chi connectivity index (χ1) is 12.8. The summed E-state index contributed by atoms with van der Waals surface area (Å²) in [4.78, 5) is 9.21. The normalized spacial score (nSPS) is 10.3. The fraction of sp³-hybridized carbons (Fsp3) is 0.